The Morgan fingerprint density at radius 3 is 2.67 bits per heavy atom. The summed E-state index contributed by atoms with van der Waals surface area (Å²) in [7, 11) is 0. The molecule has 3 heteroatoms. The lowest BCUT2D eigenvalue weighted by atomic mass is 9.84. The standard InChI is InChI=1S/C15H21N3/c1-2-11-7-9-12(10-8-11)18-14-6-4-3-5-13(14)17-15(18)16/h3-6,11-12H,2,7-10H2,1H3,(H2,16,17). The third-order valence-electron chi connectivity index (χ3n) is 4.38. The number of aromatic nitrogens is 2. The molecule has 1 saturated carbocycles. The molecule has 1 heterocycles. The smallest absolute Gasteiger partial charge is 0.201 e. The molecule has 0 amide bonds. The van der Waals surface area contributed by atoms with Gasteiger partial charge in [-0.05, 0) is 43.7 Å². The Labute approximate surface area is 108 Å². The van der Waals surface area contributed by atoms with Crippen LogP contribution in [0, 0.1) is 5.92 Å². The number of hydrogen-bond acceptors (Lipinski definition) is 2. The van der Waals surface area contributed by atoms with Crippen molar-refractivity contribution in [1.82, 2.24) is 9.55 Å². The average Bonchev–Trinajstić information content (AvgIpc) is 2.75. The molecule has 3 nitrogen and oxygen atoms in total. The summed E-state index contributed by atoms with van der Waals surface area (Å²) >= 11 is 0. The Morgan fingerprint density at radius 2 is 1.94 bits per heavy atom. The van der Waals surface area contributed by atoms with Crippen LogP contribution in [0.4, 0.5) is 5.95 Å². The maximum absolute atomic E-state index is 6.10. The zero-order valence-electron chi connectivity index (χ0n) is 11.0. The Bertz CT molecular complexity index is 536. The molecule has 2 aromatic rings. The maximum Gasteiger partial charge on any atom is 0.201 e. The highest BCUT2D eigenvalue weighted by Crippen LogP contribution is 2.36. The fraction of sp³-hybridized carbons (Fsp3) is 0.533. The third kappa shape index (κ3) is 1.88. The van der Waals surface area contributed by atoms with Gasteiger partial charge in [0.05, 0.1) is 11.0 Å². The van der Waals surface area contributed by atoms with Gasteiger partial charge in [-0.15, -0.1) is 0 Å². The van der Waals surface area contributed by atoms with Crippen molar-refractivity contribution in [2.45, 2.75) is 45.1 Å². The number of imidazole rings is 1. The van der Waals surface area contributed by atoms with Crippen LogP contribution in [0.2, 0.25) is 0 Å². The van der Waals surface area contributed by atoms with Crippen LogP contribution in [0.5, 0.6) is 0 Å². The molecule has 1 fully saturated rings. The number of nitrogens with zero attached hydrogens (tertiary/aromatic N) is 2. The zero-order chi connectivity index (χ0) is 12.5. The molecule has 1 aromatic heterocycles. The first kappa shape index (κ1) is 11.6. The molecule has 1 aliphatic rings. The van der Waals surface area contributed by atoms with Crippen LogP contribution in [0.25, 0.3) is 11.0 Å². The summed E-state index contributed by atoms with van der Waals surface area (Å²) in [5.74, 6) is 1.59. The number of hydrogen-bond donors (Lipinski definition) is 1. The normalized spacial score (nSPS) is 24.5. The Kier molecular flexibility index (Phi) is 2.98. The lowest BCUT2D eigenvalue weighted by molar-refractivity contribution is 0.275. The van der Waals surface area contributed by atoms with Crippen molar-refractivity contribution in [3.8, 4) is 0 Å². The van der Waals surface area contributed by atoms with Gasteiger partial charge in [0.15, 0.2) is 0 Å². The fourth-order valence-electron chi connectivity index (χ4n) is 3.26. The molecule has 0 atom stereocenters. The van der Waals surface area contributed by atoms with Crippen LogP contribution in [0.1, 0.15) is 45.1 Å². The molecule has 18 heavy (non-hydrogen) atoms. The average molecular weight is 243 g/mol. The van der Waals surface area contributed by atoms with Gasteiger partial charge in [-0.1, -0.05) is 25.5 Å². The first-order chi connectivity index (χ1) is 8.79. The van der Waals surface area contributed by atoms with E-state index in [0.29, 0.717) is 12.0 Å². The summed E-state index contributed by atoms with van der Waals surface area (Å²) in [6.07, 6.45) is 6.44. The van der Waals surface area contributed by atoms with E-state index < -0.39 is 0 Å². The molecule has 0 unspecified atom stereocenters. The van der Waals surface area contributed by atoms with E-state index in [0.717, 1.165) is 11.4 Å². The summed E-state index contributed by atoms with van der Waals surface area (Å²) in [5.41, 5.74) is 8.31. The van der Waals surface area contributed by atoms with Gasteiger partial charge in [-0.2, -0.15) is 0 Å². The first-order valence-corrected chi connectivity index (χ1v) is 7.02. The van der Waals surface area contributed by atoms with E-state index in [2.05, 4.69) is 28.6 Å². The molecule has 0 aliphatic heterocycles. The van der Waals surface area contributed by atoms with Crippen molar-refractivity contribution in [2.24, 2.45) is 5.92 Å². The number of benzene rings is 1. The van der Waals surface area contributed by atoms with Crippen molar-refractivity contribution in [3.05, 3.63) is 24.3 Å². The summed E-state index contributed by atoms with van der Waals surface area (Å²) < 4.78 is 2.25. The van der Waals surface area contributed by atoms with Crippen LogP contribution < -0.4 is 5.73 Å². The Balaban J connectivity index is 1.92. The van der Waals surface area contributed by atoms with E-state index >= 15 is 0 Å². The second kappa shape index (κ2) is 4.63. The minimum atomic E-state index is 0.542. The summed E-state index contributed by atoms with van der Waals surface area (Å²) in [6, 6.07) is 8.80. The first-order valence-electron chi connectivity index (χ1n) is 7.02. The minimum Gasteiger partial charge on any atom is -0.369 e. The highest BCUT2D eigenvalue weighted by Gasteiger charge is 2.23. The van der Waals surface area contributed by atoms with Crippen molar-refractivity contribution < 1.29 is 0 Å². The SMILES string of the molecule is CCC1CCC(n2c(N)nc3ccccc32)CC1. The van der Waals surface area contributed by atoms with Crippen LogP contribution >= 0.6 is 0 Å². The largest absolute Gasteiger partial charge is 0.369 e. The van der Waals surface area contributed by atoms with Gasteiger partial charge in [0.25, 0.3) is 0 Å². The monoisotopic (exact) mass is 243 g/mol. The zero-order valence-corrected chi connectivity index (χ0v) is 11.0. The van der Waals surface area contributed by atoms with E-state index in [1.54, 1.807) is 0 Å². The van der Waals surface area contributed by atoms with Crippen molar-refractivity contribution in [2.75, 3.05) is 5.73 Å². The highest BCUT2D eigenvalue weighted by atomic mass is 15.2. The number of fused-ring (bicyclic) bond motifs is 1. The van der Waals surface area contributed by atoms with Gasteiger partial charge in [0.1, 0.15) is 0 Å². The molecule has 0 saturated heterocycles. The third-order valence-corrected chi connectivity index (χ3v) is 4.38. The number of rotatable bonds is 2. The Morgan fingerprint density at radius 1 is 1.22 bits per heavy atom. The predicted molar refractivity (Wildman–Crippen MR) is 75.4 cm³/mol. The highest BCUT2D eigenvalue weighted by molar-refractivity contribution is 5.78. The number of nitrogens with two attached hydrogens (primary N) is 1. The van der Waals surface area contributed by atoms with Gasteiger partial charge >= 0.3 is 0 Å². The lowest BCUT2D eigenvalue weighted by Crippen LogP contribution is -2.19. The fourth-order valence-corrected chi connectivity index (χ4v) is 3.26. The molecular weight excluding hydrogens is 222 g/mol. The van der Waals surface area contributed by atoms with Crippen LogP contribution in [0.3, 0.4) is 0 Å². The molecular formula is C15H21N3. The number of nitrogen functional groups attached to an aromatic ring is 1. The Hall–Kier alpha value is -1.51. The molecule has 3 rings (SSSR count). The van der Waals surface area contributed by atoms with Crippen molar-refractivity contribution >= 4 is 17.0 Å². The van der Waals surface area contributed by atoms with Crippen molar-refractivity contribution in [1.29, 1.82) is 0 Å². The van der Waals surface area contributed by atoms with E-state index in [4.69, 9.17) is 5.73 Å². The molecule has 0 radical (unpaired) electrons. The summed E-state index contributed by atoms with van der Waals surface area (Å²) in [5, 5.41) is 0. The molecule has 0 spiro atoms. The van der Waals surface area contributed by atoms with Crippen LogP contribution in [-0.4, -0.2) is 9.55 Å². The second-order valence-electron chi connectivity index (χ2n) is 5.41. The van der Waals surface area contributed by atoms with Gasteiger partial charge in [0, 0.05) is 6.04 Å². The second-order valence-corrected chi connectivity index (χ2v) is 5.41. The molecule has 96 valence electrons. The molecule has 1 aromatic carbocycles. The van der Waals surface area contributed by atoms with Gasteiger partial charge in [0.2, 0.25) is 5.95 Å². The summed E-state index contributed by atoms with van der Waals surface area (Å²) in [4.78, 5) is 4.47. The van der Waals surface area contributed by atoms with Crippen LogP contribution in [0.15, 0.2) is 24.3 Å². The maximum atomic E-state index is 6.10. The van der Waals surface area contributed by atoms with Gasteiger partial charge in [-0.3, -0.25) is 0 Å². The van der Waals surface area contributed by atoms with E-state index in [1.807, 2.05) is 12.1 Å². The minimum absolute atomic E-state index is 0.542. The van der Waals surface area contributed by atoms with E-state index in [9.17, 15) is 0 Å². The van der Waals surface area contributed by atoms with E-state index in [1.165, 1.54) is 37.6 Å². The lowest BCUT2D eigenvalue weighted by Gasteiger charge is -2.29. The van der Waals surface area contributed by atoms with Crippen LogP contribution in [-0.2, 0) is 0 Å². The number of anilines is 1. The predicted octanol–water partition coefficient (Wildman–Crippen LogP) is 3.76. The molecule has 2 N–H and O–H groups in total. The topological polar surface area (TPSA) is 43.8 Å². The van der Waals surface area contributed by atoms with Gasteiger partial charge < -0.3 is 10.3 Å². The molecule has 1 aliphatic carbocycles. The van der Waals surface area contributed by atoms with Crippen molar-refractivity contribution in [3.63, 3.8) is 0 Å². The molecule has 0 bridgehead atoms. The van der Waals surface area contributed by atoms with Gasteiger partial charge in [-0.25, -0.2) is 4.98 Å². The number of para-hydroxylation sites is 2. The van der Waals surface area contributed by atoms with E-state index in [-0.39, 0.29) is 0 Å². The quantitative estimate of drug-likeness (QED) is 0.872. The summed E-state index contributed by atoms with van der Waals surface area (Å²) in [6.45, 7) is 2.30.